The van der Waals surface area contributed by atoms with Crippen molar-refractivity contribution in [1.29, 1.82) is 0 Å². The molecule has 1 aliphatic rings. The third-order valence-corrected chi connectivity index (χ3v) is 3.78. The van der Waals surface area contributed by atoms with Crippen LogP contribution >= 0.6 is 0 Å². The van der Waals surface area contributed by atoms with Crippen LogP contribution in [0.1, 0.15) is 18.9 Å². The van der Waals surface area contributed by atoms with Crippen LogP contribution in [0.3, 0.4) is 0 Å². The number of anilines is 1. The van der Waals surface area contributed by atoms with E-state index in [2.05, 4.69) is 17.1 Å². The van der Waals surface area contributed by atoms with E-state index in [-0.39, 0.29) is 5.82 Å². The van der Waals surface area contributed by atoms with Gasteiger partial charge in [0, 0.05) is 19.1 Å². The van der Waals surface area contributed by atoms with E-state index >= 15 is 0 Å². The summed E-state index contributed by atoms with van der Waals surface area (Å²) < 4.78 is 13.9. The maximum absolute atomic E-state index is 13.9. The molecule has 1 aromatic carbocycles. The molecule has 0 aromatic heterocycles. The first-order chi connectivity index (χ1) is 8.13. The number of nitrogens with zero attached hydrogens (tertiary/aromatic N) is 1. The van der Waals surface area contributed by atoms with Crippen molar-refractivity contribution >= 4 is 5.69 Å². The lowest BCUT2D eigenvalue weighted by Crippen LogP contribution is -2.47. The minimum atomic E-state index is -0.0971. The van der Waals surface area contributed by atoms with Gasteiger partial charge in [0.05, 0.1) is 5.69 Å². The lowest BCUT2D eigenvalue weighted by atomic mass is 9.93. The third kappa shape index (κ3) is 2.44. The van der Waals surface area contributed by atoms with E-state index in [4.69, 9.17) is 0 Å². The van der Waals surface area contributed by atoms with Crippen molar-refractivity contribution in [1.82, 2.24) is 5.32 Å². The summed E-state index contributed by atoms with van der Waals surface area (Å²) in [5.74, 6) is 0.452. The van der Waals surface area contributed by atoms with Crippen LogP contribution in [0.5, 0.6) is 0 Å². The largest absolute Gasteiger partial charge is 0.369 e. The molecule has 2 nitrogen and oxygen atoms in total. The first kappa shape index (κ1) is 12.4. The fourth-order valence-electron chi connectivity index (χ4n) is 2.80. The molecule has 0 aliphatic carbocycles. The number of hydrogen-bond acceptors (Lipinski definition) is 2. The second-order valence-corrected chi connectivity index (χ2v) is 5.01. The Morgan fingerprint density at radius 1 is 1.41 bits per heavy atom. The summed E-state index contributed by atoms with van der Waals surface area (Å²) in [6.45, 7) is 6.06. The van der Waals surface area contributed by atoms with Crippen molar-refractivity contribution in [2.75, 3.05) is 25.0 Å². The topological polar surface area (TPSA) is 15.3 Å². The zero-order valence-electron chi connectivity index (χ0n) is 10.8. The number of piperidine rings is 1. The Morgan fingerprint density at radius 2 is 2.18 bits per heavy atom. The van der Waals surface area contributed by atoms with Gasteiger partial charge in [-0.1, -0.05) is 19.1 Å². The van der Waals surface area contributed by atoms with Crippen molar-refractivity contribution in [3.8, 4) is 0 Å². The molecule has 0 spiro atoms. The van der Waals surface area contributed by atoms with E-state index in [0.717, 1.165) is 30.8 Å². The molecular formula is C14H21FN2. The molecule has 1 fully saturated rings. The van der Waals surface area contributed by atoms with Crippen LogP contribution in [-0.2, 0) is 0 Å². The quantitative estimate of drug-likeness (QED) is 0.849. The molecule has 0 amide bonds. The molecule has 0 saturated carbocycles. The van der Waals surface area contributed by atoms with Crippen molar-refractivity contribution in [2.45, 2.75) is 26.3 Å². The molecule has 3 heteroatoms. The molecular weight excluding hydrogens is 215 g/mol. The van der Waals surface area contributed by atoms with Crippen molar-refractivity contribution in [3.63, 3.8) is 0 Å². The first-order valence-electron chi connectivity index (χ1n) is 6.30. The van der Waals surface area contributed by atoms with Crippen molar-refractivity contribution < 1.29 is 4.39 Å². The molecule has 1 heterocycles. The highest BCUT2D eigenvalue weighted by molar-refractivity contribution is 5.54. The number of benzene rings is 1. The summed E-state index contributed by atoms with van der Waals surface area (Å²) in [6, 6.07) is 5.86. The second kappa shape index (κ2) is 5.05. The van der Waals surface area contributed by atoms with Gasteiger partial charge in [0.15, 0.2) is 0 Å². The van der Waals surface area contributed by atoms with E-state index in [9.17, 15) is 4.39 Å². The predicted octanol–water partition coefficient (Wildman–Crippen LogP) is 2.57. The molecule has 94 valence electrons. The maximum atomic E-state index is 13.9. The Morgan fingerprint density at radius 3 is 2.76 bits per heavy atom. The van der Waals surface area contributed by atoms with Gasteiger partial charge in [-0.25, -0.2) is 4.39 Å². The Hall–Kier alpha value is -1.09. The van der Waals surface area contributed by atoms with E-state index in [1.807, 2.05) is 20.0 Å². The molecule has 1 aromatic rings. The summed E-state index contributed by atoms with van der Waals surface area (Å²) in [7, 11) is 2.01. The fraction of sp³-hybridized carbons (Fsp3) is 0.571. The molecule has 2 atom stereocenters. The molecule has 2 rings (SSSR count). The molecule has 0 bridgehead atoms. The van der Waals surface area contributed by atoms with Crippen LogP contribution < -0.4 is 10.2 Å². The molecule has 0 radical (unpaired) electrons. The number of nitrogens with one attached hydrogen (secondary N) is 1. The average molecular weight is 236 g/mol. The highest BCUT2D eigenvalue weighted by atomic mass is 19.1. The Labute approximate surface area is 103 Å². The van der Waals surface area contributed by atoms with Crippen molar-refractivity contribution in [2.24, 2.45) is 5.92 Å². The van der Waals surface area contributed by atoms with Gasteiger partial charge in [-0.05, 0) is 37.9 Å². The molecule has 1 saturated heterocycles. The van der Waals surface area contributed by atoms with E-state index in [1.54, 1.807) is 12.1 Å². The van der Waals surface area contributed by atoms with Gasteiger partial charge in [0.1, 0.15) is 5.82 Å². The van der Waals surface area contributed by atoms with Crippen LogP contribution in [0, 0.1) is 18.7 Å². The van der Waals surface area contributed by atoms with Gasteiger partial charge >= 0.3 is 0 Å². The van der Waals surface area contributed by atoms with Crippen LogP contribution in [0.25, 0.3) is 0 Å². The SMILES string of the molecule is CNC1CCN(c2c(C)cccc2F)CC1C. The Bertz CT molecular complexity index is 372. The van der Waals surface area contributed by atoms with Gasteiger partial charge in [0.25, 0.3) is 0 Å². The first-order valence-corrected chi connectivity index (χ1v) is 6.30. The minimum Gasteiger partial charge on any atom is -0.369 e. The summed E-state index contributed by atoms with van der Waals surface area (Å²) in [5, 5.41) is 3.33. The van der Waals surface area contributed by atoms with Gasteiger partial charge in [0.2, 0.25) is 0 Å². The van der Waals surface area contributed by atoms with E-state index in [1.165, 1.54) is 0 Å². The van der Waals surface area contributed by atoms with Gasteiger partial charge in [-0.15, -0.1) is 0 Å². The van der Waals surface area contributed by atoms with Gasteiger partial charge < -0.3 is 10.2 Å². The number of halogens is 1. The van der Waals surface area contributed by atoms with Crippen LogP contribution in [-0.4, -0.2) is 26.2 Å². The van der Waals surface area contributed by atoms with Gasteiger partial charge in [-0.3, -0.25) is 0 Å². The van der Waals surface area contributed by atoms with E-state index in [0.29, 0.717) is 12.0 Å². The predicted molar refractivity (Wildman–Crippen MR) is 70.0 cm³/mol. The second-order valence-electron chi connectivity index (χ2n) is 5.01. The molecule has 17 heavy (non-hydrogen) atoms. The number of hydrogen-bond donors (Lipinski definition) is 1. The summed E-state index contributed by atoms with van der Waals surface area (Å²) in [5.41, 5.74) is 1.81. The summed E-state index contributed by atoms with van der Waals surface area (Å²) in [4.78, 5) is 2.18. The zero-order valence-corrected chi connectivity index (χ0v) is 10.8. The van der Waals surface area contributed by atoms with Crippen LogP contribution in [0.2, 0.25) is 0 Å². The highest BCUT2D eigenvalue weighted by Gasteiger charge is 2.26. The molecule has 1 N–H and O–H groups in total. The number of rotatable bonds is 2. The highest BCUT2D eigenvalue weighted by Crippen LogP contribution is 2.28. The zero-order chi connectivity index (χ0) is 12.4. The molecule has 2 unspecified atom stereocenters. The average Bonchev–Trinajstić information content (AvgIpc) is 2.29. The number of para-hydroxylation sites is 1. The Kier molecular flexibility index (Phi) is 3.67. The smallest absolute Gasteiger partial charge is 0.146 e. The maximum Gasteiger partial charge on any atom is 0.146 e. The fourth-order valence-corrected chi connectivity index (χ4v) is 2.80. The number of aryl methyl sites for hydroxylation is 1. The normalized spacial score (nSPS) is 25.1. The van der Waals surface area contributed by atoms with Crippen LogP contribution in [0.4, 0.5) is 10.1 Å². The third-order valence-electron chi connectivity index (χ3n) is 3.78. The van der Waals surface area contributed by atoms with Gasteiger partial charge in [-0.2, -0.15) is 0 Å². The monoisotopic (exact) mass is 236 g/mol. The lowest BCUT2D eigenvalue weighted by Gasteiger charge is -2.38. The van der Waals surface area contributed by atoms with E-state index < -0.39 is 0 Å². The minimum absolute atomic E-state index is 0.0971. The summed E-state index contributed by atoms with van der Waals surface area (Å²) in [6.07, 6.45) is 1.07. The molecule has 1 aliphatic heterocycles. The lowest BCUT2D eigenvalue weighted by molar-refractivity contribution is 0.337. The standard InChI is InChI=1S/C14H21FN2/c1-10-5-4-6-12(15)14(10)17-8-7-13(16-3)11(2)9-17/h4-6,11,13,16H,7-9H2,1-3H3. The Balaban J connectivity index is 2.19. The van der Waals surface area contributed by atoms with Crippen LogP contribution in [0.15, 0.2) is 18.2 Å². The van der Waals surface area contributed by atoms with Crippen molar-refractivity contribution in [3.05, 3.63) is 29.6 Å². The summed E-state index contributed by atoms with van der Waals surface area (Å²) >= 11 is 0.